The van der Waals surface area contributed by atoms with Crippen LogP contribution in [0.2, 0.25) is 0 Å². The molecule has 0 saturated heterocycles. The second-order valence-corrected chi connectivity index (χ2v) is 6.13. The van der Waals surface area contributed by atoms with E-state index in [1.54, 1.807) is 7.11 Å². The topological polar surface area (TPSA) is 62.9 Å². The maximum Gasteiger partial charge on any atom is 0.193 e. The number of methoxy groups -OCH3 is 1. The molecule has 0 aliphatic carbocycles. The molecular formula is C20H28N4O. The predicted octanol–water partition coefficient (Wildman–Crippen LogP) is 3.29. The SMILES string of the molecule is CCc1ccc(C(CN=C(N)Nc2ccccc2OC)N(C)C)cc1. The lowest BCUT2D eigenvalue weighted by Gasteiger charge is -2.23. The van der Waals surface area contributed by atoms with Gasteiger partial charge >= 0.3 is 0 Å². The molecule has 5 nitrogen and oxygen atoms in total. The van der Waals surface area contributed by atoms with Crippen molar-refractivity contribution < 1.29 is 4.74 Å². The van der Waals surface area contributed by atoms with Crippen molar-refractivity contribution in [2.75, 3.05) is 33.1 Å². The molecule has 2 rings (SSSR count). The van der Waals surface area contributed by atoms with Crippen LogP contribution in [-0.4, -0.2) is 38.6 Å². The van der Waals surface area contributed by atoms with Crippen LogP contribution in [0.15, 0.2) is 53.5 Å². The zero-order chi connectivity index (χ0) is 18.2. The smallest absolute Gasteiger partial charge is 0.193 e. The van der Waals surface area contributed by atoms with Crippen LogP contribution in [0.25, 0.3) is 0 Å². The largest absolute Gasteiger partial charge is 0.495 e. The number of nitrogens with two attached hydrogens (primary N) is 1. The maximum atomic E-state index is 6.07. The lowest BCUT2D eigenvalue weighted by Crippen LogP contribution is -2.27. The molecule has 3 N–H and O–H groups in total. The summed E-state index contributed by atoms with van der Waals surface area (Å²) in [6, 6.07) is 16.5. The van der Waals surface area contributed by atoms with Crippen molar-refractivity contribution in [1.29, 1.82) is 0 Å². The van der Waals surface area contributed by atoms with E-state index in [0.29, 0.717) is 12.5 Å². The summed E-state index contributed by atoms with van der Waals surface area (Å²) in [5, 5.41) is 3.11. The number of guanidine groups is 1. The first-order valence-corrected chi connectivity index (χ1v) is 8.50. The van der Waals surface area contributed by atoms with E-state index in [9.17, 15) is 0 Å². The zero-order valence-corrected chi connectivity index (χ0v) is 15.5. The van der Waals surface area contributed by atoms with Crippen molar-refractivity contribution in [2.45, 2.75) is 19.4 Å². The Labute approximate surface area is 150 Å². The van der Waals surface area contributed by atoms with Gasteiger partial charge in [0.25, 0.3) is 0 Å². The van der Waals surface area contributed by atoms with Gasteiger partial charge in [0.2, 0.25) is 0 Å². The standard InChI is InChI=1S/C20H28N4O/c1-5-15-10-12-16(13-11-15)18(24(2)3)14-22-20(21)23-17-8-6-7-9-19(17)25-4/h6-13,18H,5,14H2,1-4H3,(H3,21,22,23). The van der Waals surface area contributed by atoms with Crippen molar-refractivity contribution in [1.82, 2.24) is 4.90 Å². The molecule has 2 aromatic carbocycles. The molecule has 0 heterocycles. The van der Waals surface area contributed by atoms with E-state index in [4.69, 9.17) is 10.5 Å². The number of aliphatic imine (C=N–C) groups is 1. The Balaban J connectivity index is 2.09. The van der Waals surface area contributed by atoms with Crippen molar-refractivity contribution >= 4 is 11.6 Å². The van der Waals surface area contributed by atoms with Crippen LogP contribution in [0.1, 0.15) is 24.1 Å². The summed E-state index contributed by atoms with van der Waals surface area (Å²) in [7, 11) is 5.74. The quantitative estimate of drug-likeness (QED) is 0.600. The number of nitrogens with zero attached hydrogens (tertiary/aromatic N) is 2. The lowest BCUT2D eigenvalue weighted by molar-refractivity contribution is 0.306. The molecule has 1 atom stereocenters. The highest BCUT2D eigenvalue weighted by atomic mass is 16.5. The number of nitrogens with one attached hydrogen (secondary N) is 1. The third-order valence-corrected chi connectivity index (χ3v) is 4.20. The predicted molar refractivity (Wildman–Crippen MR) is 105 cm³/mol. The van der Waals surface area contributed by atoms with E-state index < -0.39 is 0 Å². The molecule has 25 heavy (non-hydrogen) atoms. The summed E-state index contributed by atoms with van der Waals surface area (Å²) < 4.78 is 5.32. The molecule has 0 aliphatic rings. The van der Waals surface area contributed by atoms with Crippen molar-refractivity contribution in [3.63, 3.8) is 0 Å². The molecule has 0 spiro atoms. The highest BCUT2D eigenvalue weighted by molar-refractivity contribution is 5.93. The van der Waals surface area contributed by atoms with Gasteiger partial charge < -0.3 is 20.7 Å². The molecule has 0 bridgehead atoms. The Morgan fingerprint density at radius 3 is 2.44 bits per heavy atom. The Morgan fingerprint density at radius 1 is 1.16 bits per heavy atom. The number of anilines is 1. The Bertz CT molecular complexity index is 695. The molecular weight excluding hydrogens is 312 g/mol. The molecule has 0 fully saturated rings. The molecule has 2 aromatic rings. The number of aryl methyl sites for hydroxylation is 1. The van der Waals surface area contributed by atoms with E-state index in [1.165, 1.54) is 11.1 Å². The fourth-order valence-corrected chi connectivity index (χ4v) is 2.65. The van der Waals surface area contributed by atoms with Crippen LogP contribution in [0.3, 0.4) is 0 Å². The van der Waals surface area contributed by atoms with Crippen LogP contribution in [-0.2, 0) is 6.42 Å². The van der Waals surface area contributed by atoms with Crippen molar-refractivity contribution in [3.8, 4) is 5.75 Å². The molecule has 0 aliphatic heterocycles. The lowest BCUT2D eigenvalue weighted by atomic mass is 10.0. The number of ether oxygens (including phenoxy) is 1. The van der Waals surface area contributed by atoms with E-state index in [2.05, 4.69) is 60.5 Å². The van der Waals surface area contributed by atoms with E-state index >= 15 is 0 Å². The number of para-hydroxylation sites is 2. The highest BCUT2D eigenvalue weighted by Gasteiger charge is 2.14. The van der Waals surface area contributed by atoms with Gasteiger partial charge in [0.1, 0.15) is 5.75 Å². The van der Waals surface area contributed by atoms with Gasteiger partial charge in [-0.3, -0.25) is 4.99 Å². The van der Waals surface area contributed by atoms with Crippen molar-refractivity contribution in [2.24, 2.45) is 10.7 Å². The van der Waals surface area contributed by atoms with Gasteiger partial charge in [-0.25, -0.2) is 0 Å². The number of hydrogen-bond donors (Lipinski definition) is 2. The number of benzene rings is 2. The zero-order valence-electron chi connectivity index (χ0n) is 15.5. The van der Waals surface area contributed by atoms with Crippen LogP contribution in [0.4, 0.5) is 5.69 Å². The van der Waals surface area contributed by atoms with Crippen LogP contribution in [0.5, 0.6) is 5.75 Å². The average Bonchev–Trinajstić information content (AvgIpc) is 2.62. The first kappa shape index (κ1) is 18.8. The molecule has 0 saturated carbocycles. The molecule has 134 valence electrons. The van der Waals surface area contributed by atoms with E-state index in [1.807, 2.05) is 24.3 Å². The Kier molecular flexibility index (Phi) is 6.83. The van der Waals surface area contributed by atoms with Gasteiger partial charge in [-0.2, -0.15) is 0 Å². The van der Waals surface area contributed by atoms with Crippen LogP contribution < -0.4 is 15.8 Å². The molecule has 0 radical (unpaired) electrons. The molecule has 5 heteroatoms. The molecule has 1 unspecified atom stereocenters. The summed E-state index contributed by atoms with van der Waals surface area (Å²) in [6.45, 7) is 2.74. The van der Waals surface area contributed by atoms with E-state index in [-0.39, 0.29) is 6.04 Å². The summed E-state index contributed by atoms with van der Waals surface area (Å²) in [4.78, 5) is 6.68. The second kappa shape index (κ2) is 9.08. The first-order valence-electron chi connectivity index (χ1n) is 8.50. The minimum absolute atomic E-state index is 0.170. The minimum atomic E-state index is 0.170. The van der Waals surface area contributed by atoms with Crippen LogP contribution in [0, 0.1) is 0 Å². The van der Waals surface area contributed by atoms with Crippen molar-refractivity contribution in [3.05, 3.63) is 59.7 Å². The van der Waals surface area contributed by atoms with Gasteiger partial charge in [0.05, 0.1) is 25.4 Å². The summed E-state index contributed by atoms with van der Waals surface area (Å²) in [5.41, 5.74) is 9.44. The third kappa shape index (κ3) is 5.22. The van der Waals surface area contributed by atoms with Gasteiger partial charge in [-0.1, -0.05) is 43.3 Å². The third-order valence-electron chi connectivity index (χ3n) is 4.20. The number of hydrogen-bond acceptors (Lipinski definition) is 3. The Morgan fingerprint density at radius 2 is 1.84 bits per heavy atom. The summed E-state index contributed by atoms with van der Waals surface area (Å²) in [6.07, 6.45) is 1.04. The van der Waals surface area contributed by atoms with Gasteiger partial charge in [0, 0.05) is 0 Å². The monoisotopic (exact) mass is 340 g/mol. The fourth-order valence-electron chi connectivity index (χ4n) is 2.65. The Hall–Kier alpha value is -2.53. The highest BCUT2D eigenvalue weighted by Crippen LogP contribution is 2.23. The van der Waals surface area contributed by atoms with Gasteiger partial charge in [-0.05, 0) is 43.8 Å². The summed E-state index contributed by atoms with van der Waals surface area (Å²) >= 11 is 0. The van der Waals surface area contributed by atoms with Gasteiger partial charge in [0.15, 0.2) is 5.96 Å². The second-order valence-electron chi connectivity index (χ2n) is 6.13. The van der Waals surface area contributed by atoms with Crippen LogP contribution >= 0.6 is 0 Å². The molecule has 0 aromatic heterocycles. The van der Waals surface area contributed by atoms with E-state index in [0.717, 1.165) is 17.9 Å². The number of likely N-dealkylation sites (N-methyl/N-ethyl adjacent to an activating group) is 1. The maximum absolute atomic E-state index is 6.07. The van der Waals surface area contributed by atoms with Gasteiger partial charge in [-0.15, -0.1) is 0 Å². The average molecular weight is 340 g/mol. The molecule has 0 amide bonds. The first-order chi connectivity index (χ1) is 12.0. The minimum Gasteiger partial charge on any atom is -0.495 e. The summed E-state index contributed by atoms with van der Waals surface area (Å²) in [5.74, 6) is 1.11. The number of rotatable bonds is 7. The fraction of sp³-hybridized carbons (Fsp3) is 0.350. The normalized spacial score (nSPS) is 12.9.